The third-order valence-electron chi connectivity index (χ3n) is 2.49. The number of aryl methyl sites for hydroxylation is 1. The molecule has 0 fully saturated rings. The number of pyridine rings is 1. The van der Waals surface area contributed by atoms with Crippen molar-refractivity contribution in [2.75, 3.05) is 0 Å². The summed E-state index contributed by atoms with van der Waals surface area (Å²) >= 11 is 0. The smallest absolute Gasteiger partial charge is 0.290 e. The zero-order valence-corrected chi connectivity index (χ0v) is 8.58. The molecule has 0 aliphatic heterocycles. The Morgan fingerprint density at radius 2 is 1.93 bits per heavy atom. The predicted octanol–water partition coefficient (Wildman–Crippen LogP) is 2.19. The Kier molecular flexibility index (Phi) is 2.46. The maximum atomic E-state index is 11.4. The highest BCUT2D eigenvalue weighted by atomic mass is 16.3. The van der Waals surface area contributed by atoms with Crippen LogP contribution in [0, 0.1) is 0 Å². The zero-order valence-electron chi connectivity index (χ0n) is 8.58. The Morgan fingerprint density at radius 3 is 2.60 bits per heavy atom. The number of aromatic hydroxyl groups is 1. The Morgan fingerprint density at radius 1 is 1.27 bits per heavy atom. The summed E-state index contributed by atoms with van der Waals surface area (Å²) in [5, 5.41) is 11.2. The number of hydrogen-bond donors (Lipinski definition) is 2. The molecule has 0 aliphatic rings. The molecule has 0 unspecified atom stereocenters. The lowest BCUT2D eigenvalue weighted by atomic mass is 10.1. The number of fused-ring (bicyclic) bond motifs is 1. The minimum Gasteiger partial charge on any atom is -0.503 e. The Bertz CT molecular complexity index is 543. The molecule has 0 spiro atoms. The second kappa shape index (κ2) is 3.77. The molecule has 0 radical (unpaired) electrons. The molecule has 1 aromatic carbocycles. The van der Waals surface area contributed by atoms with Crippen LogP contribution in [0.25, 0.3) is 10.8 Å². The molecule has 0 saturated carbocycles. The maximum Gasteiger partial charge on any atom is 0.290 e. The van der Waals surface area contributed by atoms with Crippen LogP contribution in [0.1, 0.15) is 19.0 Å². The highest BCUT2D eigenvalue weighted by molar-refractivity contribution is 5.89. The molecule has 2 N–H and O–H groups in total. The molecule has 3 heteroatoms. The summed E-state index contributed by atoms with van der Waals surface area (Å²) < 4.78 is 0. The third kappa shape index (κ3) is 1.61. The average molecular weight is 203 g/mol. The van der Waals surface area contributed by atoms with Crippen molar-refractivity contribution in [1.29, 1.82) is 0 Å². The van der Waals surface area contributed by atoms with Gasteiger partial charge in [0.05, 0.1) is 0 Å². The monoisotopic (exact) mass is 203 g/mol. The largest absolute Gasteiger partial charge is 0.503 e. The van der Waals surface area contributed by atoms with Crippen LogP contribution in [0.3, 0.4) is 0 Å². The molecule has 0 bridgehead atoms. The van der Waals surface area contributed by atoms with Gasteiger partial charge in [0.15, 0.2) is 5.75 Å². The minimum absolute atomic E-state index is 0.189. The van der Waals surface area contributed by atoms with Crippen molar-refractivity contribution < 1.29 is 5.11 Å². The van der Waals surface area contributed by atoms with Gasteiger partial charge in [-0.25, -0.2) is 0 Å². The van der Waals surface area contributed by atoms with Gasteiger partial charge in [0, 0.05) is 16.5 Å². The molecule has 15 heavy (non-hydrogen) atoms. The van der Waals surface area contributed by atoms with Gasteiger partial charge in [0.2, 0.25) is 0 Å². The molecule has 1 heterocycles. The zero-order chi connectivity index (χ0) is 10.8. The highest BCUT2D eigenvalue weighted by Crippen LogP contribution is 2.22. The lowest BCUT2D eigenvalue weighted by Crippen LogP contribution is -2.09. The van der Waals surface area contributed by atoms with E-state index in [2.05, 4.69) is 11.9 Å². The lowest BCUT2D eigenvalue weighted by Gasteiger charge is -2.06. The van der Waals surface area contributed by atoms with Crippen molar-refractivity contribution in [1.82, 2.24) is 4.98 Å². The van der Waals surface area contributed by atoms with Gasteiger partial charge in [0.1, 0.15) is 0 Å². The summed E-state index contributed by atoms with van der Waals surface area (Å²) in [5.41, 5.74) is 0.494. The second-order valence-electron chi connectivity index (χ2n) is 3.58. The topological polar surface area (TPSA) is 53.1 Å². The molecule has 0 saturated heterocycles. The van der Waals surface area contributed by atoms with Crippen LogP contribution in [0.2, 0.25) is 0 Å². The summed E-state index contributed by atoms with van der Waals surface area (Å²) in [6.45, 7) is 2.06. The summed E-state index contributed by atoms with van der Waals surface area (Å²) in [7, 11) is 0. The van der Waals surface area contributed by atoms with Gasteiger partial charge >= 0.3 is 0 Å². The Labute approximate surface area is 87.4 Å². The quantitative estimate of drug-likeness (QED) is 0.786. The van der Waals surface area contributed by atoms with E-state index in [0.717, 1.165) is 23.9 Å². The van der Waals surface area contributed by atoms with Gasteiger partial charge in [0.25, 0.3) is 5.56 Å². The van der Waals surface area contributed by atoms with E-state index in [-0.39, 0.29) is 5.75 Å². The van der Waals surface area contributed by atoms with Crippen LogP contribution >= 0.6 is 0 Å². The van der Waals surface area contributed by atoms with Crippen LogP contribution in [0.4, 0.5) is 0 Å². The molecular weight excluding hydrogens is 190 g/mol. The summed E-state index contributed by atoms with van der Waals surface area (Å²) in [5.74, 6) is -0.189. The van der Waals surface area contributed by atoms with Gasteiger partial charge in [-0.2, -0.15) is 0 Å². The van der Waals surface area contributed by atoms with Crippen molar-refractivity contribution >= 4 is 10.8 Å². The third-order valence-corrected chi connectivity index (χ3v) is 2.49. The molecule has 0 aliphatic carbocycles. The fourth-order valence-electron chi connectivity index (χ4n) is 1.79. The molecule has 2 aromatic rings. The summed E-state index contributed by atoms with van der Waals surface area (Å²) in [6.07, 6.45) is 1.78. The number of H-pyrrole nitrogens is 1. The Balaban J connectivity index is 2.82. The van der Waals surface area contributed by atoms with E-state index in [1.807, 2.05) is 18.2 Å². The van der Waals surface area contributed by atoms with Gasteiger partial charge < -0.3 is 10.1 Å². The van der Waals surface area contributed by atoms with Crippen LogP contribution < -0.4 is 5.56 Å². The lowest BCUT2D eigenvalue weighted by molar-refractivity contribution is 0.473. The first-order valence-corrected chi connectivity index (χ1v) is 5.07. The molecule has 0 amide bonds. The number of aromatic nitrogens is 1. The second-order valence-corrected chi connectivity index (χ2v) is 3.58. The van der Waals surface area contributed by atoms with Crippen LogP contribution in [0.5, 0.6) is 5.75 Å². The number of aromatic amines is 1. The molecular formula is C12H13NO2. The van der Waals surface area contributed by atoms with Crippen molar-refractivity contribution in [3.8, 4) is 5.75 Å². The standard InChI is InChI=1S/C12H13NO2/c1-2-5-10-8-6-3-4-7-9(8)11(14)12(15)13-10/h3-4,6-7,14H,2,5H2,1H3,(H,13,15). The maximum absolute atomic E-state index is 11.4. The van der Waals surface area contributed by atoms with Crippen molar-refractivity contribution in [2.24, 2.45) is 0 Å². The van der Waals surface area contributed by atoms with Gasteiger partial charge in [-0.1, -0.05) is 37.6 Å². The molecule has 2 rings (SSSR count). The fraction of sp³-hybridized carbons (Fsp3) is 0.250. The SMILES string of the molecule is CCCc1[nH]c(=O)c(O)c2ccccc12. The Hall–Kier alpha value is -1.77. The normalized spacial score (nSPS) is 10.7. The number of hydrogen-bond acceptors (Lipinski definition) is 2. The minimum atomic E-state index is -0.405. The van der Waals surface area contributed by atoms with Gasteiger partial charge in [-0.3, -0.25) is 4.79 Å². The number of benzene rings is 1. The predicted molar refractivity (Wildman–Crippen MR) is 60.2 cm³/mol. The van der Waals surface area contributed by atoms with E-state index in [1.165, 1.54) is 0 Å². The van der Waals surface area contributed by atoms with Crippen LogP contribution in [-0.4, -0.2) is 10.1 Å². The van der Waals surface area contributed by atoms with E-state index in [4.69, 9.17) is 0 Å². The molecule has 0 atom stereocenters. The first kappa shape index (κ1) is 9.77. The van der Waals surface area contributed by atoms with E-state index in [0.29, 0.717) is 5.39 Å². The fourth-order valence-corrected chi connectivity index (χ4v) is 1.79. The van der Waals surface area contributed by atoms with E-state index >= 15 is 0 Å². The molecule has 3 nitrogen and oxygen atoms in total. The van der Waals surface area contributed by atoms with Crippen molar-refractivity contribution in [3.63, 3.8) is 0 Å². The van der Waals surface area contributed by atoms with E-state index in [9.17, 15) is 9.90 Å². The van der Waals surface area contributed by atoms with Crippen LogP contribution in [-0.2, 0) is 6.42 Å². The van der Waals surface area contributed by atoms with Crippen molar-refractivity contribution in [2.45, 2.75) is 19.8 Å². The van der Waals surface area contributed by atoms with E-state index in [1.54, 1.807) is 6.07 Å². The summed E-state index contributed by atoms with van der Waals surface area (Å²) in [4.78, 5) is 14.1. The first-order valence-electron chi connectivity index (χ1n) is 5.07. The highest BCUT2D eigenvalue weighted by Gasteiger charge is 2.08. The molecule has 78 valence electrons. The molecule has 1 aromatic heterocycles. The average Bonchev–Trinajstić information content (AvgIpc) is 2.26. The van der Waals surface area contributed by atoms with Gasteiger partial charge in [-0.15, -0.1) is 0 Å². The van der Waals surface area contributed by atoms with E-state index < -0.39 is 5.56 Å². The number of rotatable bonds is 2. The van der Waals surface area contributed by atoms with Gasteiger partial charge in [-0.05, 0) is 6.42 Å². The summed E-state index contributed by atoms with van der Waals surface area (Å²) in [6, 6.07) is 7.39. The van der Waals surface area contributed by atoms with Crippen LogP contribution in [0.15, 0.2) is 29.1 Å². The van der Waals surface area contributed by atoms with Crippen molar-refractivity contribution in [3.05, 3.63) is 40.3 Å². The first-order chi connectivity index (χ1) is 7.24. The number of nitrogens with one attached hydrogen (secondary N) is 1.